The van der Waals surface area contributed by atoms with Crippen LogP contribution in [-0.4, -0.2) is 44.6 Å². The Balaban J connectivity index is 1.42. The molecule has 4 rings (SSSR count). The molecule has 1 aromatic heterocycles. The molecular formula is C23H29N3O4. The quantitative estimate of drug-likeness (QED) is 0.749. The summed E-state index contributed by atoms with van der Waals surface area (Å²) < 4.78 is 12.3. The number of aryl methyl sites for hydroxylation is 1. The zero-order valence-corrected chi connectivity index (χ0v) is 17.8. The summed E-state index contributed by atoms with van der Waals surface area (Å²) in [5.74, 6) is 0. The van der Waals surface area contributed by atoms with Gasteiger partial charge < -0.3 is 14.4 Å². The van der Waals surface area contributed by atoms with Gasteiger partial charge in [0.15, 0.2) is 0 Å². The Morgan fingerprint density at radius 1 is 1.13 bits per heavy atom. The van der Waals surface area contributed by atoms with Gasteiger partial charge >= 0.3 is 12.2 Å². The Bertz CT molecular complexity index is 912. The number of rotatable bonds is 4. The number of aromatic nitrogens is 2. The Hall–Kier alpha value is -2.83. The van der Waals surface area contributed by atoms with Crippen molar-refractivity contribution in [2.75, 3.05) is 0 Å². The number of nitrogens with zero attached hydrogens (tertiary/aromatic N) is 3. The minimum Gasteiger partial charge on any atom is -0.445 e. The largest absolute Gasteiger partial charge is 0.445 e. The van der Waals surface area contributed by atoms with Crippen LogP contribution in [0.4, 0.5) is 9.59 Å². The second-order valence-electron chi connectivity index (χ2n) is 9.10. The monoisotopic (exact) mass is 411 g/mol. The smallest absolute Gasteiger partial charge is 0.435 e. The van der Waals surface area contributed by atoms with Crippen molar-refractivity contribution in [2.24, 2.45) is 0 Å². The molecule has 2 aliphatic rings. The van der Waals surface area contributed by atoms with Gasteiger partial charge in [-0.25, -0.2) is 9.59 Å². The second kappa shape index (κ2) is 8.13. The van der Waals surface area contributed by atoms with Crippen LogP contribution in [0, 0.1) is 0 Å². The van der Waals surface area contributed by atoms with E-state index in [1.165, 1.54) is 4.68 Å². The number of carbonyl (C=O) groups excluding carboxylic acids is 2. The van der Waals surface area contributed by atoms with Crippen molar-refractivity contribution in [3.05, 3.63) is 53.3 Å². The van der Waals surface area contributed by atoms with Crippen LogP contribution in [-0.2, 0) is 28.9 Å². The van der Waals surface area contributed by atoms with E-state index in [9.17, 15) is 9.59 Å². The molecule has 1 saturated carbocycles. The third-order valence-electron chi connectivity index (χ3n) is 5.38. The molecule has 0 N–H and O–H groups in total. The fraction of sp³-hybridized carbons (Fsp3) is 0.522. The fourth-order valence-corrected chi connectivity index (χ4v) is 3.87. The Morgan fingerprint density at radius 2 is 1.87 bits per heavy atom. The zero-order valence-electron chi connectivity index (χ0n) is 17.8. The number of amides is 1. The molecule has 0 bridgehead atoms. The molecule has 1 fully saturated rings. The normalized spacial score (nSPS) is 18.4. The van der Waals surface area contributed by atoms with Gasteiger partial charge in [-0.2, -0.15) is 9.78 Å². The molecular weight excluding hydrogens is 382 g/mol. The zero-order chi connectivity index (χ0) is 21.3. The van der Waals surface area contributed by atoms with E-state index >= 15 is 0 Å². The van der Waals surface area contributed by atoms with Gasteiger partial charge in [0, 0.05) is 18.3 Å². The standard InChI is InChI=1S/C23H29N3O4/c1-23(2,3)30-21(27)25-14-17-13-19(11-12-20(17)24-25)26(18-9-10-18)22(28)29-15-16-7-5-4-6-8-16/h4-8,14,18-19H,9-13,15H2,1-3H3. The molecule has 160 valence electrons. The SMILES string of the molecule is CC(C)(C)OC(=O)n1cc2c(n1)CCC(N(C(=O)OCc1ccccc1)C1CC1)C2. The van der Waals surface area contributed by atoms with Crippen molar-refractivity contribution in [3.8, 4) is 0 Å². The Labute approximate surface area is 177 Å². The first-order valence-corrected chi connectivity index (χ1v) is 10.6. The maximum atomic E-state index is 12.9. The predicted molar refractivity (Wildman–Crippen MR) is 111 cm³/mol. The minimum atomic E-state index is -0.572. The van der Waals surface area contributed by atoms with Crippen molar-refractivity contribution < 1.29 is 19.1 Å². The molecule has 0 aliphatic heterocycles. The van der Waals surface area contributed by atoms with Crippen LogP contribution in [0.1, 0.15) is 56.9 Å². The van der Waals surface area contributed by atoms with Crippen molar-refractivity contribution >= 4 is 12.2 Å². The van der Waals surface area contributed by atoms with Gasteiger partial charge in [-0.1, -0.05) is 30.3 Å². The minimum absolute atomic E-state index is 0.0598. The van der Waals surface area contributed by atoms with Gasteiger partial charge in [-0.3, -0.25) is 0 Å². The maximum Gasteiger partial charge on any atom is 0.435 e. The van der Waals surface area contributed by atoms with Gasteiger partial charge in [-0.15, -0.1) is 0 Å². The average molecular weight is 412 g/mol. The van der Waals surface area contributed by atoms with Gasteiger partial charge in [0.1, 0.15) is 12.2 Å². The summed E-state index contributed by atoms with van der Waals surface area (Å²) in [5, 5.41) is 4.42. The molecule has 1 aromatic carbocycles. The summed E-state index contributed by atoms with van der Waals surface area (Å²) in [6, 6.07) is 10.0. The van der Waals surface area contributed by atoms with E-state index < -0.39 is 11.7 Å². The van der Waals surface area contributed by atoms with E-state index in [1.54, 1.807) is 6.20 Å². The van der Waals surface area contributed by atoms with Crippen molar-refractivity contribution in [2.45, 2.75) is 77.2 Å². The molecule has 2 aromatic rings. The fourth-order valence-electron chi connectivity index (χ4n) is 3.87. The molecule has 7 heteroatoms. The molecule has 1 atom stereocenters. The average Bonchev–Trinajstić information content (AvgIpc) is 3.43. The summed E-state index contributed by atoms with van der Waals surface area (Å²) in [6.45, 7) is 5.77. The summed E-state index contributed by atoms with van der Waals surface area (Å²) in [5.41, 5.74) is 2.31. The summed E-state index contributed by atoms with van der Waals surface area (Å²) in [6.07, 6.45) is 5.26. The Kier molecular flexibility index (Phi) is 5.54. The van der Waals surface area contributed by atoms with Crippen LogP contribution < -0.4 is 0 Å². The van der Waals surface area contributed by atoms with Crippen LogP contribution in [0.3, 0.4) is 0 Å². The van der Waals surface area contributed by atoms with Crippen LogP contribution >= 0.6 is 0 Å². The summed E-state index contributed by atoms with van der Waals surface area (Å²) >= 11 is 0. The van der Waals surface area contributed by atoms with Gasteiger partial charge in [0.05, 0.1) is 5.69 Å². The van der Waals surface area contributed by atoms with E-state index in [4.69, 9.17) is 9.47 Å². The topological polar surface area (TPSA) is 73.7 Å². The first-order chi connectivity index (χ1) is 14.3. The maximum absolute atomic E-state index is 12.9. The lowest BCUT2D eigenvalue weighted by Gasteiger charge is -2.33. The molecule has 0 radical (unpaired) electrons. The van der Waals surface area contributed by atoms with E-state index in [0.29, 0.717) is 6.42 Å². The third kappa shape index (κ3) is 4.83. The highest BCUT2D eigenvalue weighted by Crippen LogP contribution is 2.34. The van der Waals surface area contributed by atoms with E-state index in [0.717, 1.165) is 42.5 Å². The number of benzene rings is 1. The van der Waals surface area contributed by atoms with E-state index in [1.807, 2.05) is 56.0 Å². The molecule has 0 saturated heterocycles. The van der Waals surface area contributed by atoms with Crippen LogP contribution in [0.15, 0.2) is 36.5 Å². The highest BCUT2D eigenvalue weighted by atomic mass is 16.6. The van der Waals surface area contributed by atoms with Gasteiger partial charge in [0.2, 0.25) is 0 Å². The molecule has 7 nitrogen and oxygen atoms in total. The lowest BCUT2D eigenvalue weighted by Crippen LogP contribution is -2.45. The van der Waals surface area contributed by atoms with Crippen molar-refractivity contribution in [1.29, 1.82) is 0 Å². The number of fused-ring (bicyclic) bond motifs is 1. The lowest BCUT2D eigenvalue weighted by atomic mass is 9.92. The Morgan fingerprint density at radius 3 is 2.53 bits per heavy atom. The molecule has 1 amide bonds. The van der Waals surface area contributed by atoms with Crippen molar-refractivity contribution in [1.82, 2.24) is 14.7 Å². The molecule has 1 heterocycles. The highest BCUT2D eigenvalue weighted by molar-refractivity contribution is 5.70. The lowest BCUT2D eigenvalue weighted by molar-refractivity contribution is 0.0513. The number of hydrogen-bond acceptors (Lipinski definition) is 5. The molecule has 0 spiro atoms. The highest BCUT2D eigenvalue weighted by Gasteiger charge is 2.40. The summed E-state index contributed by atoms with van der Waals surface area (Å²) in [7, 11) is 0. The van der Waals surface area contributed by atoms with E-state index in [-0.39, 0.29) is 24.8 Å². The first-order valence-electron chi connectivity index (χ1n) is 10.6. The molecule has 30 heavy (non-hydrogen) atoms. The first kappa shape index (κ1) is 20.4. The predicted octanol–water partition coefficient (Wildman–Crippen LogP) is 4.32. The number of hydrogen-bond donors (Lipinski definition) is 0. The van der Waals surface area contributed by atoms with E-state index in [2.05, 4.69) is 5.10 Å². The number of ether oxygens (including phenoxy) is 2. The third-order valence-corrected chi connectivity index (χ3v) is 5.38. The van der Waals surface area contributed by atoms with Crippen LogP contribution in [0.2, 0.25) is 0 Å². The van der Waals surface area contributed by atoms with Crippen LogP contribution in [0.25, 0.3) is 0 Å². The van der Waals surface area contributed by atoms with Gasteiger partial charge in [0.25, 0.3) is 0 Å². The summed E-state index contributed by atoms with van der Waals surface area (Å²) in [4.78, 5) is 27.1. The molecule has 1 unspecified atom stereocenters. The second-order valence-corrected chi connectivity index (χ2v) is 9.10. The van der Waals surface area contributed by atoms with Crippen LogP contribution in [0.5, 0.6) is 0 Å². The molecule has 2 aliphatic carbocycles. The van der Waals surface area contributed by atoms with Crippen molar-refractivity contribution in [3.63, 3.8) is 0 Å². The van der Waals surface area contributed by atoms with Gasteiger partial charge in [-0.05, 0) is 64.0 Å². The number of carbonyl (C=O) groups is 2.